The first-order valence-electron chi connectivity index (χ1n) is 12.2. The number of quaternary nitrogens is 1. The normalized spacial score (nSPS) is 12.2. The fourth-order valence-electron chi connectivity index (χ4n) is 3.87. The van der Waals surface area contributed by atoms with Crippen molar-refractivity contribution in [1.29, 1.82) is 0 Å². The van der Waals surface area contributed by atoms with Gasteiger partial charge in [0.1, 0.15) is 5.70 Å². The van der Waals surface area contributed by atoms with Gasteiger partial charge in [-0.05, 0) is 53.1 Å². The second kappa shape index (κ2) is 12.9. The van der Waals surface area contributed by atoms with Crippen LogP contribution in [0.2, 0.25) is 0 Å². The predicted molar refractivity (Wildman–Crippen MR) is 152 cm³/mol. The second-order valence-corrected chi connectivity index (χ2v) is 9.99. The van der Waals surface area contributed by atoms with Gasteiger partial charge in [-0.25, -0.2) is 9.59 Å². The van der Waals surface area contributed by atoms with Gasteiger partial charge in [0.25, 0.3) is 5.91 Å². The Hall–Kier alpha value is -4.20. The maximum absolute atomic E-state index is 13.4. The molecule has 4 aromatic carbocycles. The van der Waals surface area contributed by atoms with Crippen LogP contribution in [-0.4, -0.2) is 34.7 Å². The van der Waals surface area contributed by atoms with Crippen molar-refractivity contribution in [3.05, 3.63) is 125 Å². The van der Waals surface area contributed by atoms with Crippen molar-refractivity contribution in [2.24, 2.45) is 0 Å². The zero-order chi connectivity index (χ0) is 26.9. The first-order valence-corrected chi connectivity index (χ1v) is 13.4. The van der Waals surface area contributed by atoms with Crippen LogP contribution in [0, 0.1) is 6.92 Å². The lowest BCUT2D eigenvalue weighted by molar-refractivity contribution is -0.586. The predicted octanol–water partition coefficient (Wildman–Crippen LogP) is 4.40. The molecule has 1 unspecified atom stereocenters. The van der Waals surface area contributed by atoms with Crippen LogP contribution in [0.4, 0.5) is 0 Å². The minimum Gasteiger partial charge on any atom is -0.477 e. The smallest absolute Gasteiger partial charge is 0.363 e. The highest BCUT2D eigenvalue weighted by Gasteiger charge is 2.28. The average Bonchev–Trinajstić information content (AvgIpc) is 2.92. The van der Waals surface area contributed by atoms with Gasteiger partial charge in [-0.1, -0.05) is 84.4 Å². The minimum absolute atomic E-state index is 0.0187. The van der Waals surface area contributed by atoms with Gasteiger partial charge in [-0.3, -0.25) is 10.1 Å². The third-order valence-corrected chi connectivity index (χ3v) is 7.12. The van der Waals surface area contributed by atoms with Crippen LogP contribution in [0.5, 0.6) is 0 Å². The van der Waals surface area contributed by atoms with E-state index < -0.39 is 23.8 Å². The summed E-state index contributed by atoms with van der Waals surface area (Å²) in [6.07, 6.45) is 1.59. The maximum Gasteiger partial charge on any atom is 0.363 e. The van der Waals surface area contributed by atoms with E-state index in [4.69, 9.17) is 0 Å². The molecule has 4 N–H and O–H groups in total. The van der Waals surface area contributed by atoms with E-state index in [1.807, 2.05) is 91.9 Å². The van der Waals surface area contributed by atoms with E-state index in [1.54, 1.807) is 18.2 Å². The second-order valence-electron chi connectivity index (χ2n) is 8.96. The number of hydrogen-bond donors (Lipinski definition) is 3. The topological polar surface area (TPSA) is 100 Å². The number of carboxylic acid groups (broad SMARTS) is 1. The third kappa shape index (κ3) is 7.41. The number of fused-ring (bicyclic) bond motifs is 1. The van der Waals surface area contributed by atoms with Gasteiger partial charge in [0.05, 0.1) is 5.75 Å². The summed E-state index contributed by atoms with van der Waals surface area (Å²) in [5.41, 5.74) is 3.23. The number of carbonyl (C=O) groups excluding carboxylic acids is 2. The van der Waals surface area contributed by atoms with Crippen molar-refractivity contribution in [3.8, 4) is 0 Å². The molecule has 0 aliphatic heterocycles. The van der Waals surface area contributed by atoms with Crippen LogP contribution in [0.3, 0.4) is 0 Å². The lowest BCUT2D eigenvalue weighted by Crippen LogP contribution is -2.96. The van der Waals surface area contributed by atoms with Gasteiger partial charge in [0.15, 0.2) is 0 Å². The molecule has 0 aliphatic rings. The molecule has 0 spiro atoms. The lowest BCUT2D eigenvalue weighted by Gasteiger charge is -2.13. The van der Waals surface area contributed by atoms with E-state index in [1.165, 1.54) is 17.1 Å². The fourth-order valence-corrected chi connectivity index (χ4v) is 4.91. The standard InChI is InChI=1S/C31H28N2O4S/c1-21-11-14-25(15-12-21)29(34)32-27(18-23-13-16-24-9-5-6-10-26(24)17-23)30(35)33-28(31(36)37)20-38-19-22-7-3-2-4-8-22/h2-18,28H,19-20H2,1H3,(H,32,34)(H,33,35)(H,36,37)/p+1/b27-18+. The summed E-state index contributed by atoms with van der Waals surface area (Å²) < 4.78 is 0. The van der Waals surface area contributed by atoms with E-state index in [0.717, 1.165) is 27.5 Å². The molecule has 0 saturated carbocycles. The summed E-state index contributed by atoms with van der Waals surface area (Å²) in [6, 6.07) is 29.3. The number of nitrogens with one attached hydrogen (secondary N) is 1. The van der Waals surface area contributed by atoms with Crippen LogP contribution < -0.4 is 10.6 Å². The number of aryl methyl sites for hydroxylation is 1. The Kier molecular flexibility index (Phi) is 9.08. The van der Waals surface area contributed by atoms with Crippen LogP contribution in [0.25, 0.3) is 16.8 Å². The summed E-state index contributed by atoms with van der Waals surface area (Å²) in [7, 11) is 0. The molecule has 0 bridgehead atoms. The molecule has 4 rings (SSSR count). The molecule has 0 heterocycles. The monoisotopic (exact) mass is 525 g/mol. The molecule has 0 radical (unpaired) electrons. The molecule has 0 fully saturated rings. The van der Waals surface area contributed by atoms with Crippen LogP contribution in [-0.2, 0) is 15.3 Å². The lowest BCUT2D eigenvalue weighted by atomic mass is 10.1. The van der Waals surface area contributed by atoms with E-state index in [0.29, 0.717) is 11.3 Å². The molecule has 2 amide bonds. The third-order valence-electron chi connectivity index (χ3n) is 5.99. The molecule has 1 atom stereocenters. The summed E-state index contributed by atoms with van der Waals surface area (Å²) in [4.78, 5) is 38.3. The Labute approximate surface area is 225 Å². The zero-order valence-electron chi connectivity index (χ0n) is 21.0. The van der Waals surface area contributed by atoms with Crippen LogP contribution >= 0.6 is 11.8 Å². The molecular weight excluding hydrogens is 496 g/mol. The molecule has 0 saturated heterocycles. The van der Waals surface area contributed by atoms with E-state index >= 15 is 0 Å². The van der Waals surface area contributed by atoms with Crippen molar-refractivity contribution in [3.63, 3.8) is 0 Å². The van der Waals surface area contributed by atoms with Crippen LogP contribution in [0.1, 0.15) is 27.0 Å². The Morgan fingerprint density at radius 1 is 0.895 bits per heavy atom. The maximum atomic E-state index is 13.4. The van der Waals surface area contributed by atoms with E-state index in [2.05, 4.69) is 5.32 Å². The summed E-state index contributed by atoms with van der Waals surface area (Å²) in [5, 5.41) is 15.7. The van der Waals surface area contributed by atoms with Gasteiger partial charge in [-0.2, -0.15) is 11.8 Å². The Bertz CT molecular complexity index is 1470. The van der Waals surface area contributed by atoms with Crippen molar-refractivity contribution >= 4 is 46.4 Å². The SMILES string of the molecule is Cc1ccc(C(=O)N/C(=C/c2ccc3ccccc3c2)C(=O)[NH2+]C(CSCc2ccccc2)C(=O)O)cc1. The number of aliphatic carboxylic acids is 1. The van der Waals surface area contributed by atoms with Gasteiger partial charge in [0.2, 0.25) is 6.04 Å². The number of carbonyl (C=O) groups is 3. The number of carboxylic acids is 1. The van der Waals surface area contributed by atoms with Crippen molar-refractivity contribution in [2.45, 2.75) is 18.7 Å². The highest BCUT2D eigenvalue weighted by atomic mass is 32.2. The van der Waals surface area contributed by atoms with Crippen LogP contribution in [0.15, 0.2) is 103 Å². The fraction of sp³-hybridized carbons (Fsp3) is 0.129. The summed E-state index contributed by atoms with van der Waals surface area (Å²) in [6.45, 7) is 1.92. The number of rotatable bonds is 10. The number of amides is 2. The van der Waals surface area contributed by atoms with E-state index in [-0.39, 0.29) is 11.4 Å². The Morgan fingerprint density at radius 2 is 1.58 bits per heavy atom. The number of primary amides is 1. The zero-order valence-corrected chi connectivity index (χ0v) is 21.8. The molecular formula is C31H29N2O4S+. The average molecular weight is 526 g/mol. The molecule has 4 aromatic rings. The molecule has 0 aliphatic carbocycles. The molecule has 7 heteroatoms. The highest BCUT2D eigenvalue weighted by Crippen LogP contribution is 2.18. The van der Waals surface area contributed by atoms with Gasteiger partial charge in [-0.15, -0.1) is 0 Å². The molecule has 192 valence electrons. The van der Waals surface area contributed by atoms with Gasteiger partial charge < -0.3 is 10.4 Å². The molecule has 38 heavy (non-hydrogen) atoms. The molecule has 6 nitrogen and oxygen atoms in total. The number of benzene rings is 4. The largest absolute Gasteiger partial charge is 0.477 e. The van der Waals surface area contributed by atoms with Gasteiger partial charge >= 0.3 is 11.9 Å². The van der Waals surface area contributed by atoms with Crippen molar-refractivity contribution < 1.29 is 24.8 Å². The Balaban J connectivity index is 1.55. The number of nitrogens with two attached hydrogens (primary N) is 1. The molecule has 0 aromatic heterocycles. The minimum atomic E-state index is -1.09. The highest BCUT2D eigenvalue weighted by molar-refractivity contribution is 7.98. The summed E-state index contributed by atoms with van der Waals surface area (Å²) in [5.74, 6) is -1.22. The number of thioether (sulfide) groups is 1. The van der Waals surface area contributed by atoms with Gasteiger partial charge in [0, 0.05) is 11.3 Å². The number of hydrogen-bond acceptors (Lipinski definition) is 4. The first-order chi connectivity index (χ1) is 18.4. The quantitative estimate of drug-likeness (QED) is 0.267. The van der Waals surface area contributed by atoms with Crippen molar-refractivity contribution in [2.75, 3.05) is 5.75 Å². The Morgan fingerprint density at radius 3 is 2.29 bits per heavy atom. The summed E-state index contributed by atoms with van der Waals surface area (Å²) >= 11 is 1.44. The first kappa shape index (κ1) is 26.9. The van der Waals surface area contributed by atoms with Crippen molar-refractivity contribution in [1.82, 2.24) is 5.32 Å². The van der Waals surface area contributed by atoms with E-state index in [9.17, 15) is 19.5 Å².